The normalized spacial score (nSPS) is 16.4. The number of hydrogen-bond donors (Lipinski definition) is 2. The zero-order valence-corrected chi connectivity index (χ0v) is 13.2. The van der Waals surface area contributed by atoms with Crippen LogP contribution in [0.4, 0.5) is 0 Å². The molecular formula is C16H22N2O5. The van der Waals surface area contributed by atoms with Crippen molar-refractivity contribution in [1.82, 2.24) is 10.6 Å². The van der Waals surface area contributed by atoms with Gasteiger partial charge in [-0.3, -0.25) is 9.59 Å². The zero-order chi connectivity index (χ0) is 16.7. The second-order valence-corrected chi connectivity index (χ2v) is 5.67. The minimum atomic E-state index is -0.922. The van der Waals surface area contributed by atoms with Gasteiger partial charge in [0.15, 0.2) is 5.76 Å². The molecule has 1 saturated carbocycles. The molecule has 0 aliphatic heterocycles. The summed E-state index contributed by atoms with van der Waals surface area (Å²) in [6, 6.07) is 3.16. The summed E-state index contributed by atoms with van der Waals surface area (Å²) in [7, 11) is 1.33. The van der Waals surface area contributed by atoms with Crippen LogP contribution in [0.5, 0.6) is 0 Å². The second kappa shape index (κ2) is 7.80. The molecule has 23 heavy (non-hydrogen) atoms. The molecule has 0 bridgehead atoms. The summed E-state index contributed by atoms with van der Waals surface area (Å²) in [4.78, 5) is 35.8. The van der Waals surface area contributed by atoms with Crippen LogP contribution in [-0.2, 0) is 14.3 Å². The van der Waals surface area contributed by atoms with Gasteiger partial charge >= 0.3 is 5.97 Å². The second-order valence-electron chi connectivity index (χ2n) is 5.67. The summed E-state index contributed by atoms with van der Waals surface area (Å²) in [5.74, 6) is -0.853. The van der Waals surface area contributed by atoms with E-state index in [2.05, 4.69) is 10.6 Å². The largest absolute Gasteiger partial charge is 0.467 e. The number of methoxy groups -OCH3 is 1. The summed E-state index contributed by atoms with van der Waals surface area (Å²) < 4.78 is 9.81. The Morgan fingerprint density at radius 3 is 2.61 bits per heavy atom. The Bertz CT molecular complexity index is 547. The number of rotatable bonds is 6. The molecule has 1 heterocycles. The Labute approximate surface area is 134 Å². The molecule has 1 aromatic heterocycles. The van der Waals surface area contributed by atoms with Gasteiger partial charge in [0.2, 0.25) is 5.91 Å². The molecule has 7 heteroatoms. The Morgan fingerprint density at radius 1 is 1.26 bits per heavy atom. The molecule has 1 aliphatic carbocycles. The molecular weight excluding hydrogens is 300 g/mol. The number of nitrogens with one attached hydrogen (secondary N) is 2. The van der Waals surface area contributed by atoms with E-state index in [1.165, 1.54) is 13.4 Å². The van der Waals surface area contributed by atoms with Gasteiger partial charge in [-0.05, 0) is 25.0 Å². The standard InChI is InChI=1S/C16H22N2O5/c1-22-15(21)16(8-3-2-4-9-16)18-13(19)7-10-17-14(20)12-6-5-11-23-12/h5-6,11H,2-4,7-10H2,1H3,(H,17,20)(H,18,19). The van der Waals surface area contributed by atoms with Crippen LogP contribution < -0.4 is 10.6 Å². The van der Waals surface area contributed by atoms with Crippen LogP contribution in [-0.4, -0.2) is 37.0 Å². The first-order valence-corrected chi connectivity index (χ1v) is 7.78. The molecule has 1 aromatic rings. The molecule has 0 radical (unpaired) electrons. The lowest BCUT2D eigenvalue weighted by Gasteiger charge is -2.35. The van der Waals surface area contributed by atoms with E-state index in [0.717, 1.165) is 19.3 Å². The van der Waals surface area contributed by atoms with E-state index < -0.39 is 11.5 Å². The summed E-state index contributed by atoms with van der Waals surface area (Å²) in [5, 5.41) is 5.40. The van der Waals surface area contributed by atoms with Crippen molar-refractivity contribution in [1.29, 1.82) is 0 Å². The fourth-order valence-electron chi connectivity index (χ4n) is 2.84. The van der Waals surface area contributed by atoms with Gasteiger partial charge in [-0.2, -0.15) is 0 Å². The number of carbonyl (C=O) groups is 3. The van der Waals surface area contributed by atoms with Crippen molar-refractivity contribution >= 4 is 17.8 Å². The van der Waals surface area contributed by atoms with Gasteiger partial charge in [-0.25, -0.2) is 4.79 Å². The first-order chi connectivity index (χ1) is 11.1. The lowest BCUT2D eigenvalue weighted by molar-refractivity contribution is -0.152. The zero-order valence-electron chi connectivity index (χ0n) is 13.2. The molecule has 2 rings (SSSR count). The Balaban J connectivity index is 1.82. The van der Waals surface area contributed by atoms with Crippen LogP contribution in [0, 0.1) is 0 Å². The van der Waals surface area contributed by atoms with Crippen LogP contribution in [0.15, 0.2) is 22.8 Å². The van der Waals surface area contributed by atoms with Gasteiger partial charge in [-0.15, -0.1) is 0 Å². The average Bonchev–Trinajstić information content (AvgIpc) is 3.09. The van der Waals surface area contributed by atoms with Crippen LogP contribution in [0.1, 0.15) is 49.1 Å². The fraction of sp³-hybridized carbons (Fsp3) is 0.562. The maximum absolute atomic E-state index is 12.1. The number of esters is 1. The van der Waals surface area contributed by atoms with Gasteiger partial charge in [0.05, 0.1) is 13.4 Å². The van der Waals surface area contributed by atoms with Crippen LogP contribution in [0.25, 0.3) is 0 Å². The van der Waals surface area contributed by atoms with Crippen LogP contribution >= 0.6 is 0 Å². The highest BCUT2D eigenvalue weighted by Crippen LogP contribution is 2.29. The number of furan rings is 1. The molecule has 0 atom stereocenters. The minimum Gasteiger partial charge on any atom is -0.467 e. The smallest absolute Gasteiger partial charge is 0.331 e. The first kappa shape index (κ1) is 17.1. The topological polar surface area (TPSA) is 97.6 Å². The van der Waals surface area contributed by atoms with Gasteiger partial charge in [0.25, 0.3) is 5.91 Å². The molecule has 0 saturated heterocycles. The number of hydrogen-bond acceptors (Lipinski definition) is 5. The third-order valence-corrected chi connectivity index (χ3v) is 4.04. The SMILES string of the molecule is COC(=O)C1(NC(=O)CCNC(=O)c2ccco2)CCCCC1. The molecule has 126 valence electrons. The van der Waals surface area contributed by atoms with Gasteiger partial charge in [-0.1, -0.05) is 19.3 Å². The van der Waals surface area contributed by atoms with E-state index in [9.17, 15) is 14.4 Å². The third kappa shape index (κ3) is 4.34. The maximum atomic E-state index is 12.1. The monoisotopic (exact) mass is 322 g/mol. The summed E-state index contributed by atoms with van der Waals surface area (Å²) in [5.41, 5.74) is -0.922. The van der Waals surface area contributed by atoms with Crippen molar-refractivity contribution in [3.63, 3.8) is 0 Å². The lowest BCUT2D eigenvalue weighted by Crippen LogP contribution is -2.56. The van der Waals surface area contributed by atoms with Gasteiger partial charge in [0.1, 0.15) is 5.54 Å². The quantitative estimate of drug-likeness (QED) is 0.771. The predicted molar refractivity (Wildman–Crippen MR) is 81.6 cm³/mol. The van der Waals surface area contributed by atoms with Gasteiger partial charge in [0, 0.05) is 13.0 Å². The molecule has 2 amide bonds. The molecule has 1 fully saturated rings. The molecule has 1 aliphatic rings. The van der Waals surface area contributed by atoms with E-state index in [0.29, 0.717) is 12.8 Å². The molecule has 0 aromatic carbocycles. The van der Waals surface area contributed by atoms with Gasteiger partial charge < -0.3 is 19.8 Å². The molecule has 7 nitrogen and oxygen atoms in total. The number of amides is 2. The predicted octanol–water partition coefficient (Wildman–Crippen LogP) is 1.39. The maximum Gasteiger partial charge on any atom is 0.331 e. The highest BCUT2D eigenvalue weighted by Gasteiger charge is 2.41. The van der Waals surface area contributed by atoms with E-state index >= 15 is 0 Å². The van der Waals surface area contributed by atoms with Crippen LogP contribution in [0.2, 0.25) is 0 Å². The summed E-state index contributed by atoms with van der Waals surface area (Å²) in [6.45, 7) is 0.169. The number of carbonyl (C=O) groups excluding carboxylic acids is 3. The summed E-state index contributed by atoms with van der Waals surface area (Å²) in [6.07, 6.45) is 5.48. The minimum absolute atomic E-state index is 0.0885. The van der Waals surface area contributed by atoms with E-state index in [4.69, 9.17) is 9.15 Å². The first-order valence-electron chi connectivity index (χ1n) is 7.78. The highest BCUT2D eigenvalue weighted by molar-refractivity contribution is 5.92. The van der Waals surface area contributed by atoms with Crippen molar-refractivity contribution in [2.75, 3.05) is 13.7 Å². The molecule has 0 spiro atoms. The average molecular weight is 322 g/mol. The van der Waals surface area contributed by atoms with Crippen LogP contribution in [0.3, 0.4) is 0 Å². The fourth-order valence-corrected chi connectivity index (χ4v) is 2.84. The highest BCUT2D eigenvalue weighted by atomic mass is 16.5. The summed E-state index contributed by atoms with van der Waals surface area (Å²) >= 11 is 0. The van der Waals surface area contributed by atoms with E-state index in [1.807, 2.05) is 0 Å². The Kier molecular flexibility index (Phi) is 5.78. The number of ether oxygens (including phenoxy) is 1. The lowest BCUT2D eigenvalue weighted by atomic mass is 9.81. The van der Waals surface area contributed by atoms with Crippen molar-refractivity contribution in [3.05, 3.63) is 24.2 Å². The Morgan fingerprint density at radius 2 is 2.00 bits per heavy atom. The van der Waals surface area contributed by atoms with E-state index in [1.54, 1.807) is 12.1 Å². The molecule has 0 unspecified atom stereocenters. The Hall–Kier alpha value is -2.31. The van der Waals surface area contributed by atoms with Crippen molar-refractivity contribution in [2.45, 2.75) is 44.1 Å². The molecule has 2 N–H and O–H groups in total. The van der Waals surface area contributed by atoms with Crippen molar-refractivity contribution < 1.29 is 23.5 Å². The third-order valence-electron chi connectivity index (χ3n) is 4.04. The van der Waals surface area contributed by atoms with E-state index in [-0.39, 0.29) is 30.5 Å². The van der Waals surface area contributed by atoms with Crippen molar-refractivity contribution in [3.8, 4) is 0 Å². The van der Waals surface area contributed by atoms with Crippen molar-refractivity contribution in [2.24, 2.45) is 0 Å².